The highest BCUT2D eigenvalue weighted by Gasteiger charge is 2.27. The summed E-state index contributed by atoms with van der Waals surface area (Å²) in [5, 5.41) is 3.15. The molecule has 0 atom stereocenters. The van der Waals surface area contributed by atoms with Crippen molar-refractivity contribution in [1.29, 1.82) is 0 Å². The zero-order valence-electron chi connectivity index (χ0n) is 15.6. The van der Waals surface area contributed by atoms with Gasteiger partial charge in [0, 0.05) is 50.5 Å². The molecule has 1 aromatic carbocycles. The van der Waals surface area contributed by atoms with Crippen molar-refractivity contribution in [1.82, 2.24) is 15.1 Å². The van der Waals surface area contributed by atoms with E-state index < -0.39 is 0 Å². The van der Waals surface area contributed by atoms with Gasteiger partial charge in [0.05, 0.1) is 6.54 Å². The molecule has 1 amide bonds. The van der Waals surface area contributed by atoms with Crippen LogP contribution in [0, 0.1) is 5.82 Å². The molecule has 0 aromatic heterocycles. The molecule has 6 heteroatoms. The first-order valence-corrected chi connectivity index (χ1v) is 9.65. The second kappa shape index (κ2) is 9.44. The number of carbonyl (C=O) groups excluding carboxylic acids is 1. The van der Waals surface area contributed by atoms with Crippen LogP contribution in [0.2, 0.25) is 0 Å². The number of likely N-dealkylation sites (tertiary alicyclic amines) is 1. The fourth-order valence-corrected chi connectivity index (χ4v) is 3.95. The van der Waals surface area contributed by atoms with Crippen molar-refractivity contribution in [3.05, 3.63) is 35.6 Å². The van der Waals surface area contributed by atoms with Crippen LogP contribution >= 0.6 is 0 Å². The zero-order chi connectivity index (χ0) is 18.4. The van der Waals surface area contributed by atoms with Gasteiger partial charge in [0.15, 0.2) is 0 Å². The number of ether oxygens (including phenoxy) is 1. The highest BCUT2D eigenvalue weighted by Crippen LogP contribution is 2.20. The van der Waals surface area contributed by atoms with Crippen molar-refractivity contribution in [2.75, 3.05) is 39.9 Å². The topological polar surface area (TPSA) is 44.8 Å². The molecule has 0 radical (unpaired) electrons. The van der Waals surface area contributed by atoms with E-state index in [1.807, 2.05) is 18.0 Å². The van der Waals surface area contributed by atoms with E-state index in [0.29, 0.717) is 18.2 Å². The molecule has 3 rings (SSSR count). The van der Waals surface area contributed by atoms with Gasteiger partial charge in [0.25, 0.3) is 0 Å². The third-order valence-electron chi connectivity index (χ3n) is 5.41. The molecule has 0 unspecified atom stereocenters. The number of nitrogens with one attached hydrogen (secondary N) is 1. The highest BCUT2D eigenvalue weighted by atomic mass is 19.1. The van der Waals surface area contributed by atoms with Gasteiger partial charge in [-0.15, -0.1) is 0 Å². The first-order chi connectivity index (χ1) is 12.6. The van der Waals surface area contributed by atoms with Crippen molar-refractivity contribution >= 4 is 5.91 Å². The summed E-state index contributed by atoms with van der Waals surface area (Å²) >= 11 is 0. The van der Waals surface area contributed by atoms with Gasteiger partial charge in [-0.25, -0.2) is 4.39 Å². The average molecular weight is 363 g/mol. The number of nitrogens with zero attached hydrogens (tertiary/aromatic N) is 2. The molecule has 2 saturated heterocycles. The Kier molecular flexibility index (Phi) is 7.00. The van der Waals surface area contributed by atoms with Crippen LogP contribution in [0.15, 0.2) is 24.3 Å². The van der Waals surface area contributed by atoms with Crippen molar-refractivity contribution in [2.45, 2.75) is 44.3 Å². The number of amides is 1. The van der Waals surface area contributed by atoms with Crippen LogP contribution in [0.1, 0.15) is 31.2 Å². The van der Waals surface area contributed by atoms with E-state index in [1.54, 1.807) is 12.1 Å². The third-order valence-corrected chi connectivity index (χ3v) is 5.41. The minimum absolute atomic E-state index is 0.0216. The molecule has 26 heavy (non-hydrogen) atoms. The van der Waals surface area contributed by atoms with Crippen molar-refractivity contribution in [2.24, 2.45) is 0 Å². The fraction of sp³-hybridized carbons (Fsp3) is 0.650. The molecule has 0 spiro atoms. The Labute approximate surface area is 155 Å². The number of hydrogen-bond donors (Lipinski definition) is 1. The molecule has 5 nitrogen and oxygen atoms in total. The van der Waals surface area contributed by atoms with Crippen LogP contribution in [-0.2, 0) is 16.1 Å². The van der Waals surface area contributed by atoms with E-state index in [4.69, 9.17) is 4.74 Å². The Morgan fingerprint density at radius 3 is 2.62 bits per heavy atom. The SMILES string of the molecule is CN(CC(=O)NC1CCN(C2CCOCC2)CC1)Cc1ccccc1F. The van der Waals surface area contributed by atoms with E-state index in [-0.39, 0.29) is 24.3 Å². The number of carbonyl (C=O) groups is 1. The normalized spacial score (nSPS) is 20.4. The second-order valence-electron chi connectivity index (χ2n) is 7.49. The monoisotopic (exact) mass is 363 g/mol. The predicted molar refractivity (Wildman–Crippen MR) is 99.3 cm³/mol. The molecular formula is C20H30FN3O2. The molecule has 2 heterocycles. The zero-order valence-corrected chi connectivity index (χ0v) is 15.6. The lowest BCUT2D eigenvalue weighted by Crippen LogP contribution is -2.50. The third kappa shape index (κ3) is 5.50. The maximum absolute atomic E-state index is 13.7. The molecular weight excluding hydrogens is 333 g/mol. The molecule has 2 fully saturated rings. The second-order valence-corrected chi connectivity index (χ2v) is 7.49. The van der Waals surface area contributed by atoms with Gasteiger partial charge in [-0.2, -0.15) is 0 Å². The first kappa shape index (κ1) is 19.3. The average Bonchev–Trinajstić information content (AvgIpc) is 2.65. The summed E-state index contributed by atoms with van der Waals surface area (Å²) < 4.78 is 19.1. The maximum Gasteiger partial charge on any atom is 0.234 e. The van der Waals surface area contributed by atoms with E-state index in [9.17, 15) is 9.18 Å². The number of halogens is 1. The predicted octanol–water partition coefficient (Wildman–Crippen LogP) is 2.02. The highest BCUT2D eigenvalue weighted by molar-refractivity contribution is 5.78. The van der Waals surface area contributed by atoms with Crippen molar-refractivity contribution < 1.29 is 13.9 Å². The Morgan fingerprint density at radius 1 is 1.23 bits per heavy atom. The molecule has 0 saturated carbocycles. The molecule has 1 N–H and O–H groups in total. The lowest BCUT2D eigenvalue weighted by Gasteiger charge is -2.39. The summed E-state index contributed by atoms with van der Waals surface area (Å²) in [4.78, 5) is 16.7. The van der Waals surface area contributed by atoms with Crippen LogP contribution in [0.3, 0.4) is 0 Å². The molecule has 0 aliphatic carbocycles. The minimum atomic E-state index is -0.222. The smallest absolute Gasteiger partial charge is 0.234 e. The van der Waals surface area contributed by atoms with Gasteiger partial charge in [0.2, 0.25) is 5.91 Å². The van der Waals surface area contributed by atoms with E-state index >= 15 is 0 Å². The molecule has 2 aliphatic rings. The summed E-state index contributed by atoms with van der Waals surface area (Å²) in [6.07, 6.45) is 4.25. The molecule has 144 valence electrons. The van der Waals surface area contributed by atoms with E-state index in [0.717, 1.165) is 52.0 Å². The minimum Gasteiger partial charge on any atom is -0.381 e. The number of likely N-dealkylation sites (N-methyl/N-ethyl adjacent to an activating group) is 1. The quantitative estimate of drug-likeness (QED) is 0.840. The van der Waals surface area contributed by atoms with Gasteiger partial charge in [0.1, 0.15) is 5.82 Å². The Bertz CT molecular complexity index is 584. The van der Waals surface area contributed by atoms with Crippen LogP contribution in [0.4, 0.5) is 4.39 Å². The summed E-state index contributed by atoms with van der Waals surface area (Å²) in [5.74, 6) is -0.200. The lowest BCUT2D eigenvalue weighted by molar-refractivity contribution is -0.123. The molecule has 1 aromatic rings. The summed E-state index contributed by atoms with van der Waals surface area (Å²) in [6, 6.07) is 7.61. The Balaban J connectivity index is 1.38. The van der Waals surface area contributed by atoms with Gasteiger partial charge in [-0.3, -0.25) is 9.69 Å². The first-order valence-electron chi connectivity index (χ1n) is 9.65. The van der Waals surface area contributed by atoms with Crippen LogP contribution < -0.4 is 5.32 Å². The van der Waals surface area contributed by atoms with E-state index in [2.05, 4.69) is 10.2 Å². The maximum atomic E-state index is 13.7. The van der Waals surface area contributed by atoms with Gasteiger partial charge in [-0.05, 0) is 38.8 Å². The van der Waals surface area contributed by atoms with Crippen LogP contribution in [0.25, 0.3) is 0 Å². The summed E-state index contributed by atoms with van der Waals surface area (Å²) in [7, 11) is 1.85. The fourth-order valence-electron chi connectivity index (χ4n) is 3.95. The lowest BCUT2D eigenvalue weighted by atomic mass is 9.99. The van der Waals surface area contributed by atoms with E-state index in [1.165, 1.54) is 6.07 Å². The summed E-state index contributed by atoms with van der Waals surface area (Å²) in [5.41, 5.74) is 0.618. The van der Waals surface area contributed by atoms with Crippen molar-refractivity contribution in [3.63, 3.8) is 0 Å². The summed E-state index contributed by atoms with van der Waals surface area (Å²) in [6.45, 7) is 4.55. The Hall–Kier alpha value is -1.50. The molecule has 2 aliphatic heterocycles. The van der Waals surface area contributed by atoms with Crippen LogP contribution in [-0.4, -0.2) is 67.7 Å². The largest absolute Gasteiger partial charge is 0.381 e. The number of hydrogen-bond acceptors (Lipinski definition) is 4. The Morgan fingerprint density at radius 2 is 1.92 bits per heavy atom. The number of benzene rings is 1. The van der Waals surface area contributed by atoms with Gasteiger partial charge < -0.3 is 15.0 Å². The van der Waals surface area contributed by atoms with Gasteiger partial charge >= 0.3 is 0 Å². The van der Waals surface area contributed by atoms with Gasteiger partial charge in [-0.1, -0.05) is 18.2 Å². The number of piperidine rings is 1. The van der Waals surface area contributed by atoms with Crippen LogP contribution in [0.5, 0.6) is 0 Å². The molecule has 0 bridgehead atoms. The standard InChI is InChI=1S/C20H30FN3O2/c1-23(14-16-4-2-3-5-19(16)21)15-20(25)22-17-6-10-24(11-7-17)18-8-12-26-13-9-18/h2-5,17-18H,6-15H2,1H3,(H,22,25). The van der Waals surface area contributed by atoms with Crippen molar-refractivity contribution in [3.8, 4) is 0 Å². The number of rotatable bonds is 6.